The van der Waals surface area contributed by atoms with Gasteiger partial charge in [-0.2, -0.15) is 11.8 Å². The van der Waals surface area contributed by atoms with Crippen LogP contribution in [0.25, 0.3) is 0 Å². The number of nitrogens with zero attached hydrogens (tertiary/aromatic N) is 1. The van der Waals surface area contributed by atoms with Crippen LogP contribution < -0.4 is 5.32 Å². The summed E-state index contributed by atoms with van der Waals surface area (Å²) in [5, 5.41) is 3.68. The van der Waals surface area contributed by atoms with Crippen molar-refractivity contribution in [2.45, 2.75) is 44.0 Å². The van der Waals surface area contributed by atoms with Crippen LogP contribution in [-0.4, -0.2) is 53.8 Å². The molecule has 1 N–H and O–H groups in total. The summed E-state index contributed by atoms with van der Waals surface area (Å²) < 4.78 is 5.75. The Morgan fingerprint density at radius 2 is 2.44 bits per heavy atom. The van der Waals surface area contributed by atoms with Crippen molar-refractivity contribution in [3.63, 3.8) is 0 Å². The van der Waals surface area contributed by atoms with E-state index >= 15 is 0 Å². The normalized spacial score (nSPS) is 32.6. The standard InChI is InChI=1S/C13H24N2O2S/c1-3-13(2)10-15(6-7-17-13)12(16)14-9-11-5-4-8-18-11/h11H,3-10H2,1-2H3,(H,14,16)/t11-,13-/m1/s1. The topological polar surface area (TPSA) is 41.6 Å². The van der Waals surface area contributed by atoms with Crippen LogP contribution >= 0.6 is 11.8 Å². The van der Waals surface area contributed by atoms with Gasteiger partial charge in [0, 0.05) is 18.3 Å². The Balaban J connectivity index is 1.77. The minimum atomic E-state index is -0.169. The van der Waals surface area contributed by atoms with Crippen LogP contribution in [0.2, 0.25) is 0 Å². The molecule has 18 heavy (non-hydrogen) atoms. The molecule has 0 aromatic carbocycles. The fraction of sp³-hybridized carbons (Fsp3) is 0.923. The van der Waals surface area contributed by atoms with E-state index in [1.54, 1.807) is 0 Å². The highest BCUT2D eigenvalue weighted by Gasteiger charge is 2.32. The Kier molecular flexibility index (Phi) is 4.78. The van der Waals surface area contributed by atoms with Crippen molar-refractivity contribution >= 4 is 17.8 Å². The van der Waals surface area contributed by atoms with Gasteiger partial charge in [-0.1, -0.05) is 6.92 Å². The van der Waals surface area contributed by atoms with Gasteiger partial charge in [0.1, 0.15) is 0 Å². The van der Waals surface area contributed by atoms with Crippen LogP contribution in [0.4, 0.5) is 4.79 Å². The molecule has 2 aliphatic rings. The first kappa shape index (κ1) is 14.0. The number of urea groups is 1. The van der Waals surface area contributed by atoms with E-state index in [9.17, 15) is 4.79 Å². The fourth-order valence-electron chi connectivity index (χ4n) is 2.44. The van der Waals surface area contributed by atoms with Gasteiger partial charge in [-0.05, 0) is 31.9 Å². The smallest absolute Gasteiger partial charge is 0.317 e. The maximum absolute atomic E-state index is 12.1. The highest BCUT2D eigenvalue weighted by molar-refractivity contribution is 8.00. The summed E-state index contributed by atoms with van der Waals surface area (Å²) in [5.74, 6) is 1.24. The van der Waals surface area contributed by atoms with E-state index in [-0.39, 0.29) is 11.6 Å². The van der Waals surface area contributed by atoms with Crippen molar-refractivity contribution < 1.29 is 9.53 Å². The molecule has 2 heterocycles. The lowest BCUT2D eigenvalue weighted by Crippen LogP contribution is -2.55. The van der Waals surface area contributed by atoms with Crippen LogP contribution in [-0.2, 0) is 4.74 Å². The number of carbonyl (C=O) groups is 1. The first-order valence-electron chi connectivity index (χ1n) is 6.91. The lowest BCUT2D eigenvalue weighted by Gasteiger charge is -2.40. The lowest BCUT2D eigenvalue weighted by molar-refractivity contribution is -0.0872. The molecule has 0 saturated carbocycles. The summed E-state index contributed by atoms with van der Waals surface area (Å²) in [6.45, 7) is 7.06. The summed E-state index contributed by atoms with van der Waals surface area (Å²) in [7, 11) is 0. The molecule has 0 radical (unpaired) electrons. The monoisotopic (exact) mass is 272 g/mol. The molecule has 0 bridgehead atoms. The SMILES string of the molecule is CC[C@]1(C)CN(C(=O)NC[C@H]2CCCS2)CCO1. The molecule has 2 rings (SSSR count). The molecule has 0 spiro atoms. The Morgan fingerprint density at radius 1 is 1.61 bits per heavy atom. The maximum Gasteiger partial charge on any atom is 0.317 e. The number of carbonyl (C=O) groups excluding carboxylic acids is 1. The number of hydrogen-bond acceptors (Lipinski definition) is 3. The molecule has 0 aromatic rings. The second-order valence-corrected chi connectivity index (χ2v) is 6.80. The summed E-state index contributed by atoms with van der Waals surface area (Å²) in [4.78, 5) is 14.0. The number of nitrogens with one attached hydrogen (secondary N) is 1. The predicted octanol–water partition coefficient (Wildman–Crippen LogP) is 2.09. The molecule has 2 amide bonds. The molecule has 104 valence electrons. The number of ether oxygens (including phenoxy) is 1. The highest BCUT2D eigenvalue weighted by Crippen LogP contribution is 2.25. The third-order valence-corrected chi connectivity index (χ3v) is 5.28. The molecule has 0 aliphatic carbocycles. The van der Waals surface area contributed by atoms with Crippen LogP contribution in [0.5, 0.6) is 0 Å². The van der Waals surface area contributed by atoms with Gasteiger partial charge in [0.2, 0.25) is 0 Å². The van der Waals surface area contributed by atoms with Crippen molar-refractivity contribution in [1.82, 2.24) is 10.2 Å². The Morgan fingerprint density at radius 3 is 3.11 bits per heavy atom. The van der Waals surface area contributed by atoms with Crippen molar-refractivity contribution in [3.05, 3.63) is 0 Å². The molecule has 2 saturated heterocycles. The number of morpholine rings is 1. The number of hydrogen-bond donors (Lipinski definition) is 1. The number of thioether (sulfide) groups is 1. The van der Waals surface area contributed by atoms with Crippen molar-refractivity contribution in [2.24, 2.45) is 0 Å². The molecule has 0 aromatic heterocycles. The minimum Gasteiger partial charge on any atom is -0.372 e. The lowest BCUT2D eigenvalue weighted by atomic mass is 10.0. The van der Waals surface area contributed by atoms with Gasteiger partial charge in [0.05, 0.1) is 18.8 Å². The third-order valence-electron chi connectivity index (χ3n) is 3.88. The minimum absolute atomic E-state index is 0.0745. The van der Waals surface area contributed by atoms with E-state index in [0.717, 1.165) is 13.0 Å². The molecule has 4 nitrogen and oxygen atoms in total. The van der Waals surface area contributed by atoms with Crippen molar-refractivity contribution in [2.75, 3.05) is 32.0 Å². The van der Waals surface area contributed by atoms with E-state index < -0.39 is 0 Å². The first-order valence-corrected chi connectivity index (χ1v) is 7.96. The molecule has 5 heteroatoms. The predicted molar refractivity (Wildman–Crippen MR) is 75.1 cm³/mol. The Labute approximate surface area is 114 Å². The first-order chi connectivity index (χ1) is 8.63. The van der Waals surface area contributed by atoms with Crippen molar-refractivity contribution in [1.29, 1.82) is 0 Å². The quantitative estimate of drug-likeness (QED) is 0.855. The summed E-state index contributed by atoms with van der Waals surface area (Å²) >= 11 is 1.98. The van der Waals surface area contributed by atoms with Crippen LogP contribution in [0, 0.1) is 0 Å². The highest BCUT2D eigenvalue weighted by atomic mass is 32.2. The maximum atomic E-state index is 12.1. The van der Waals surface area contributed by atoms with E-state index in [4.69, 9.17) is 4.74 Å². The average Bonchev–Trinajstić information content (AvgIpc) is 2.89. The van der Waals surface area contributed by atoms with Crippen molar-refractivity contribution in [3.8, 4) is 0 Å². The Bertz CT molecular complexity index is 295. The number of rotatable bonds is 3. The molecule has 2 aliphatic heterocycles. The molecule has 0 unspecified atom stereocenters. The van der Waals surface area contributed by atoms with E-state index in [1.165, 1.54) is 18.6 Å². The molecular formula is C13H24N2O2S. The van der Waals surface area contributed by atoms with Gasteiger partial charge >= 0.3 is 6.03 Å². The van der Waals surface area contributed by atoms with Gasteiger partial charge in [-0.3, -0.25) is 0 Å². The molecule has 2 atom stereocenters. The van der Waals surface area contributed by atoms with Gasteiger partial charge in [-0.15, -0.1) is 0 Å². The fourth-order valence-corrected chi connectivity index (χ4v) is 3.64. The van der Waals surface area contributed by atoms with Gasteiger partial charge in [0.25, 0.3) is 0 Å². The van der Waals surface area contributed by atoms with Crippen LogP contribution in [0.1, 0.15) is 33.1 Å². The second-order valence-electron chi connectivity index (χ2n) is 5.39. The summed E-state index contributed by atoms with van der Waals surface area (Å²) in [6, 6.07) is 0.0745. The van der Waals surface area contributed by atoms with E-state index in [2.05, 4.69) is 19.2 Å². The zero-order chi connectivity index (χ0) is 13.0. The zero-order valence-electron chi connectivity index (χ0n) is 11.4. The van der Waals surface area contributed by atoms with E-state index in [1.807, 2.05) is 16.7 Å². The van der Waals surface area contributed by atoms with Gasteiger partial charge < -0.3 is 15.0 Å². The van der Waals surface area contributed by atoms with Crippen LogP contribution in [0.15, 0.2) is 0 Å². The molecular weight excluding hydrogens is 248 g/mol. The van der Waals surface area contributed by atoms with Gasteiger partial charge in [0.15, 0.2) is 0 Å². The Hall–Kier alpha value is -0.420. The van der Waals surface area contributed by atoms with Crippen LogP contribution in [0.3, 0.4) is 0 Å². The molecule has 2 fully saturated rings. The van der Waals surface area contributed by atoms with Gasteiger partial charge in [-0.25, -0.2) is 4.79 Å². The summed E-state index contributed by atoms with van der Waals surface area (Å²) in [5.41, 5.74) is -0.169. The largest absolute Gasteiger partial charge is 0.372 e. The zero-order valence-corrected chi connectivity index (χ0v) is 12.2. The summed E-state index contributed by atoms with van der Waals surface area (Å²) in [6.07, 6.45) is 3.46. The van der Waals surface area contributed by atoms with E-state index in [0.29, 0.717) is 24.9 Å². The third kappa shape index (κ3) is 3.54. The second kappa shape index (κ2) is 6.15. The number of amides is 2. The average molecular weight is 272 g/mol.